The van der Waals surface area contributed by atoms with Crippen LogP contribution in [0.4, 0.5) is 11.4 Å². The highest BCUT2D eigenvalue weighted by Crippen LogP contribution is 2.38. The maximum absolute atomic E-state index is 12.9. The van der Waals surface area contributed by atoms with Crippen LogP contribution in [0.15, 0.2) is 52.3 Å². The van der Waals surface area contributed by atoms with Crippen LogP contribution in [0, 0.1) is 11.3 Å². The number of rotatable bonds is 4. The maximum atomic E-state index is 12.9. The van der Waals surface area contributed by atoms with Crippen molar-refractivity contribution in [3.63, 3.8) is 0 Å². The number of anilines is 2. The maximum Gasteiger partial charge on any atom is 0.261 e. The average Bonchev–Trinajstić information content (AvgIpc) is 3.08. The fourth-order valence-electron chi connectivity index (χ4n) is 3.70. The van der Waals surface area contributed by atoms with Gasteiger partial charge in [0.05, 0.1) is 22.2 Å². The Kier molecular flexibility index (Phi) is 6.39. The Morgan fingerprint density at radius 3 is 2.44 bits per heavy atom. The first-order chi connectivity index (χ1) is 15.4. The number of nitriles is 1. The van der Waals surface area contributed by atoms with Crippen LogP contribution in [-0.2, 0) is 19.6 Å². The van der Waals surface area contributed by atoms with Gasteiger partial charge in [-0.3, -0.25) is 14.3 Å². The molecule has 2 aromatic rings. The van der Waals surface area contributed by atoms with Gasteiger partial charge in [-0.2, -0.15) is 5.26 Å². The Labute approximate surface area is 191 Å². The summed E-state index contributed by atoms with van der Waals surface area (Å²) in [6.45, 7) is 1.32. The SMILES string of the molecule is N#Cc1ccc(NS(=O)(=O)c2ccc3c(c2)NC(=O)C(C(=O)N2CCCCCC2)S3)cc1. The molecular formula is C22H22N4O4S2. The minimum absolute atomic E-state index is 0.0150. The van der Waals surface area contributed by atoms with Crippen molar-refractivity contribution in [1.29, 1.82) is 5.26 Å². The zero-order valence-corrected chi connectivity index (χ0v) is 18.8. The van der Waals surface area contributed by atoms with Crippen molar-refractivity contribution in [3.8, 4) is 6.07 Å². The van der Waals surface area contributed by atoms with E-state index in [0.29, 0.717) is 34.9 Å². The zero-order valence-electron chi connectivity index (χ0n) is 17.2. The highest BCUT2D eigenvalue weighted by Gasteiger charge is 2.36. The normalized spacial score (nSPS) is 18.7. The lowest BCUT2D eigenvalue weighted by Crippen LogP contribution is -2.45. The molecule has 1 saturated heterocycles. The third-order valence-corrected chi connectivity index (χ3v) is 8.05. The number of likely N-dealkylation sites (tertiary alicyclic amines) is 1. The van der Waals surface area contributed by atoms with Gasteiger partial charge in [-0.1, -0.05) is 12.8 Å². The molecule has 2 heterocycles. The van der Waals surface area contributed by atoms with E-state index in [2.05, 4.69) is 10.0 Å². The zero-order chi connectivity index (χ0) is 22.7. The van der Waals surface area contributed by atoms with Gasteiger partial charge in [-0.05, 0) is 55.3 Å². The van der Waals surface area contributed by atoms with Crippen molar-refractivity contribution < 1.29 is 18.0 Å². The molecule has 4 rings (SSSR count). The van der Waals surface area contributed by atoms with E-state index >= 15 is 0 Å². The molecule has 8 nitrogen and oxygen atoms in total. The molecule has 0 aliphatic carbocycles. The molecule has 166 valence electrons. The lowest BCUT2D eigenvalue weighted by Gasteiger charge is -2.28. The molecule has 2 N–H and O–H groups in total. The van der Waals surface area contributed by atoms with Crippen LogP contribution in [0.1, 0.15) is 31.2 Å². The van der Waals surface area contributed by atoms with E-state index in [1.807, 2.05) is 6.07 Å². The molecule has 0 bridgehead atoms. The predicted molar refractivity (Wildman–Crippen MR) is 122 cm³/mol. The summed E-state index contributed by atoms with van der Waals surface area (Å²) in [5, 5.41) is 10.7. The summed E-state index contributed by atoms with van der Waals surface area (Å²) < 4.78 is 28.0. The third-order valence-electron chi connectivity index (χ3n) is 5.41. The van der Waals surface area contributed by atoms with Gasteiger partial charge in [-0.15, -0.1) is 11.8 Å². The Morgan fingerprint density at radius 1 is 1.09 bits per heavy atom. The summed E-state index contributed by atoms with van der Waals surface area (Å²) in [6, 6.07) is 12.5. The number of amides is 2. The van der Waals surface area contributed by atoms with Crippen LogP contribution >= 0.6 is 11.8 Å². The lowest BCUT2D eigenvalue weighted by atomic mass is 10.2. The van der Waals surface area contributed by atoms with Crippen LogP contribution in [0.5, 0.6) is 0 Å². The van der Waals surface area contributed by atoms with Crippen LogP contribution in [0.3, 0.4) is 0 Å². The third kappa shape index (κ3) is 4.74. The molecular weight excluding hydrogens is 448 g/mol. The average molecular weight is 471 g/mol. The molecule has 1 unspecified atom stereocenters. The minimum atomic E-state index is -3.90. The molecule has 2 aliphatic heterocycles. The molecule has 2 aromatic carbocycles. The number of carbonyl (C=O) groups is 2. The second-order valence-corrected chi connectivity index (χ2v) is 10.5. The van der Waals surface area contributed by atoms with Crippen molar-refractivity contribution in [2.24, 2.45) is 0 Å². The molecule has 0 spiro atoms. The van der Waals surface area contributed by atoms with Gasteiger partial charge in [0, 0.05) is 23.7 Å². The van der Waals surface area contributed by atoms with Crippen molar-refractivity contribution in [1.82, 2.24) is 4.90 Å². The fourth-order valence-corrected chi connectivity index (χ4v) is 5.84. The van der Waals surface area contributed by atoms with Gasteiger partial charge in [0.1, 0.15) is 0 Å². The summed E-state index contributed by atoms with van der Waals surface area (Å²) in [5.74, 6) is -0.634. The molecule has 2 amide bonds. The molecule has 0 radical (unpaired) electrons. The van der Waals surface area contributed by atoms with E-state index in [4.69, 9.17) is 5.26 Å². The standard InChI is InChI=1S/C22H22N4O4S2/c23-14-15-5-7-16(8-6-15)25-32(29,30)17-9-10-19-18(13-17)24-21(27)20(31-19)22(28)26-11-3-1-2-4-12-26/h5-10,13,20,25H,1-4,11-12H2,(H,24,27). The van der Waals surface area contributed by atoms with Gasteiger partial charge in [0.15, 0.2) is 5.25 Å². The Balaban J connectivity index is 1.51. The van der Waals surface area contributed by atoms with Crippen LogP contribution in [0.2, 0.25) is 0 Å². The number of hydrogen-bond donors (Lipinski definition) is 2. The second kappa shape index (κ2) is 9.22. The van der Waals surface area contributed by atoms with Gasteiger partial charge in [-0.25, -0.2) is 8.42 Å². The van der Waals surface area contributed by atoms with Gasteiger partial charge >= 0.3 is 0 Å². The fraction of sp³-hybridized carbons (Fsp3) is 0.318. The van der Waals surface area contributed by atoms with E-state index in [1.54, 1.807) is 11.0 Å². The van der Waals surface area contributed by atoms with Gasteiger partial charge in [0.25, 0.3) is 10.0 Å². The predicted octanol–water partition coefficient (Wildman–Crippen LogP) is 3.17. The highest BCUT2D eigenvalue weighted by molar-refractivity contribution is 8.01. The molecule has 0 aromatic heterocycles. The number of benzene rings is 2. The summed E-state index contributed by atoms with van der Waals surface area (Å²) in [4.78, 5) is 28.0. The number of thioether (sulfide) groups is 1. The molecule has 1 fully saturated rings. The molecule has 10 heteroatoms. The topological polar surface area (TPSA) is 119 Å². The van der Waals surface area contributed by atoms with Crippen LogP contribution < -0.4 is 10.0 Å². The number of sulfonamides is 1. The van der Waals surface area contributed by atoms with E-state index < -0.39 is 21.2 Å². The van der Waals surface area contributed by atoms with E-state index in [9.17, 15) is 18.0 Å². The van der Waals surface area contributed by atoms with E-state index in [-0.39, 0.29) is 10.8 Å². The van der Waals surface area contributed by atoms with E-state index in [0.717, 1.165) is 37.4 Å². The molecule has 1 atom stereocenters. The number of nitrogens with zero attached hydrogens (tertiary/aromatic N) is 2. The second-order valence-electron chi connectivity index (χ2n) is 7.68. The Morgan fingerprint density at radius 2 is 1.78 bits per heavy atom. The highest BCUT2D eigenvalue weighted by atomic mass is 32.2. The van der Waals surface area contributed by atoms with Crippen molar-refractivity contribution in [2.75, 3.05) is 23.1 Å². The molecule has 2 aliphatic rings. The Hall–Kier alpha value is -3.03. The first-order valence-corrected chi connectivity index (χ1v) is 12.7. The summed E-state index contributed by atoms with van der Waals surface area (Å²) in [5.41, 5.74) is 1.11. The van der Waals surface area contributed by atoms with Gasteiger partial charge in [0.2, 0.25) is 11.8 Å². The van der Waals surface area contributed by atoms with Crippen molar-refractivity contribution in [3.05, 3.63) is 48.0 Å². The molecule has 32 heavy (non-hydrogen) atoms. The monoisotopic (exact) mass is 470 g/mol. The van der Waals surface area contributed by atoms with Gasteiger partial charge < -0.3 is 10.2 Å². The van der Waals surface area contributed by atoms with Crippen LogP contribution in [-0.4, -0.2) is 43.5 Å². The number of nitrogens with one attached hydrogen (secondary N) is 2. The number of fused-ring (bicyclic) bond motifs is 1. The first kappa shape index (κ1) is 22.2. The largest absolute Gasteiger partial charge is 0.341 e. The summed E-state index contributed by atoms with van der Waals surface area (Å²) in [7, 11) is -3.90. The Bertz CT molecular complexity index is 1180. The summed E-state index contributed by atoms with van der Waals surface area (Å²) >= 11 is 1.15. The molecule has 0 saturated carbocycles. The lowest BCUT2D eigenvalue weighted by molar-refractivity contribution is -0.133. The van der Waals surface area contributed by atoms with Crippen molar-refractivity contribution in [2.45, 2.75) is 40.7 Å². The number of hydrogen-bond acceptors (Lipinski definition) is 6. The van der Waals surface area contributed by atoms with Crippen molar-refractivity contribution >= 4 is 45.0 Å². The quantitative estimate of drug-likeness (QED) is 0.663. The van der Waals surface area contributed by atoms with E-state index in [1.165, 1.54) is 36.4 Å². The first-order valence-electron chi connectivity index (χ1n) is 10.3. The smallest absolute Gasteiger partial charge is 0.261 e. The van der Waals surface area contributed by atoms with Crippen LogP contribution in [0.25, 0.3) is 0 Å². The minimum Gasteiger partial charge on any atom is -0.341 e. The number of carbonyl (C=O) groups excluding carboxylic acids is 2. The summed E-state index contributed by atoms with van der Waals surface area (Å²) in [6.07, 6.45) is 4.05.